The Labute approximate surface area is 186 Å². The normalized spacial score (nSPS) is 15.5. The first-order valence-corrected chi connectivity index (χ1v) is 10.4. The van der Waals surface area contributed by atoms with Gasteiger partial charge in [0, 0.05) is 37.4 Å². The standard InChI is InChI=1S/C23H21F5N4O/c24-19-6-1-15(13-20(19)25)14-31-10-7-17(8-11-31)29-22(33)16-2-4-18(5-3-16)32-12-9-21(30-32)23(26,27)28/h1-6,9,12-13,17H,7-8,10-11,14H2,(H,29,33). The molecule has 0 radical (unpaired) electrons. The van der Waals surface area contributed by atoms with Gasteiger partial charge in [0.25, 0.3) is 5.91 Å². The van der Waals surface area contributed by atoms with Crippen LogP contribution in [0.3, 0.4) is 0 Å². The van der Waals surface area contributed by atoms with E-state index in [1.54, 1.807) is 6.07 Å². The van der Waals surface area contributed by atoms with Crippen LogP contribution in [0.5, 0.6) is 0 Å². The minimum absolute atomic E-state index is 0.0289. The van der Waals surface area contributed by atoms with Crippen LogP contribution in [-0.2, 0) is 12.7 Å². The number of amides is 1. The van der Waals surface area contributed by atoms with Gasteiger partial charge in [0.2, 0.25) is 0 Å². The smallest absolute Gasteiger partial charge is 0.349 e. The van der Waals surface area contributed by atoms with E-state index in [1.165, 1.54) is 36.5 Å². The zero-order valence-corrected chi connectivity index (χ0v) is 17.4. The lowest BCUT2D eigenvalue weighted by atomic mass is 10.0. The number of likely N-dealkylation sites (tertiary alicyclic amines) is 1. The van der Waals surface area contributed by atoms with Crippen molar-refractivity contribution in [2.24, 2.45) is 0 Å². The number of piperidine rings is 1. The number of nitrogens with one attached hydrogen (secondary N) is 1. The summed E-state index contributed by atoms with van der Waals surface area (Å²) in [5, 5.41) is 6.49. The molecule has 1 N–H and O–H groups in total. The molecule has 174 valence electrons. The Balaban J connectivity index is 1.29. The van der Waals surface area contributed by atoms with Gasteiger partial charge in [0.1, 0.15) is 0 Å². The first kappa shape index (κ1) is 22.9. The maximum Gasteiger partial charge on any atom is 0.435 e. The van der Waals surface area contributed by atoms with E-state index in [2.05, 4.69) is 15.3 Å². The molecule has 1 aliphatic rings. The number of benzene rings is 2. The highest BCUT2D eigenvalue weighted by Gasteiger charge is 2.33. The van der Waals surface area contributed by atoms with Gasteiger partial charge in [-0.15, -0.1) is 0 Å². The molecule has 1 fully saturated rings. The third-order valence-corrected chi connectivity index (χ3v) is 5.59. The summed E-state index contributed by atoms with van der Waals surface area (Å²) in [5.74, 6) is -2.00. The van der Waals surface area contributed by atoms with Crippen molar-refractivity contribution in [3.8, 4) is 5.69 Å². The van der Waals surface area contributed by atoms with Crippen LogP contribution in [0.4, 0.5) is 22.0 Å². The second kappa shape index (κ2) is 9.30. The molecule has 1 amide bonds. The molecule has 1 aliphatic heterocycles. The summed E-state index contributed by atoms with van der Waals surface area (Å²) in [7, 11) is 0. The third kappa shape index (κ3) is 5.57. The van der Waals surface area contributed by atoms with Crippen molar-refractivity contribution in [2.75, 3.05) is 13.1 Å². The minimum atomic E-state index is -4.52. The Kier molecular flexibility index (Phi) is 6.46. The maximum absolute atomic E-state index is 13.4. The molecule has 0 saturated carbocycles. The van der Waals surface area contributed by atoms with Crippen molar-refractivity contribution >= 4 is 5.91 Å². The van der Waals surface area contributed by atoms with Gasteiger partial charge in [-0.2, -0.15) is 18.3 Å². The highest BCUT2D eigenvalue weighted by atomic mass is 19.4. The van der Waals surface area contributed by atoms with E-state index < -0.39 is 23.5 Å². The van der Waals surface area contributed by atoms with Gasteiger partial charge >= 0.3 is 6.18 Å². The van der Waals surface area contributed by atoms with E-state index >= 15 is 0 Å². The van der Waals surface area contributed by atoms with Crippen molar-refractivity contribution in [1.82, 2.24) is 20.0 Å². The zero-order valence-electron chi connectivity index (χ0n) is 17.4. The van der Waals surface area contributed by atoms with Gasteiger partial charge in [-0.25, -0.2) is 13.5 Å². The lowest BCUT2D eigenvalue weighted by molar-refractivity contribution is -0.141. The summed E-state index contributed by atoms with van der Waals surface area (Å²) in [6.45, 7) is 1.90. The quantitative estimate of drug-likeness (QED) is 0.563. The molecule has 0 bridgehead atoms. The Bertz CT molecular complexity index is 1120. The van der Waals surface area contributed by atoms with Gasteiger partial charge in [-0.3, -0.25) is 9.69 Å². The highest BCUT2D eigenvalue weighted by Crippen LogP contribution is 2.28. The lowest BCUT2D eigenvalue weighted by Gasteiger charge is -2.32. The van der Waals surface area contributed by atoms with E-state index in [9.17, 15) is 26.7 Å². The van der Waals surface area contributed by atoms with Gasteiger partial charge < -0.3 is 5.32 Å². The van der Waals surface area contributed by atoms with Crippen LogP contribution in [0.2, 0.25) is 0 Å². The minimum Gasteiger partial charge on any atom is -0.349 e. The van der Waals surface area contributed by atoms with Crippen LogP contribution in [0.15, 0.2) is 54.7 Å². The average molecular weight is 464 g/mol. The molecule has 4 rings (SSSR count). The number of halogens is 5. The van der Waals surface area contributed by atoms with Gasteiger partial charge in [0.05, 0.1) is 5.69 Å². The summed E-state index contributed by atoms with van der Waals surface area (Å²) < 4.78 is 65.7. The fourth-order valence-corrected chi connectivity index (χ4v) is 3.78. The molecule has 1 aromatic heterocycles. The third-order valence-electron chi connectivity index (χ3n) is 5.59. The van der Waals surface area contributed by atoms with Crippen LogP contribution in [0.25, 0.3) is 5.69 Å². The Hall–Kier alpha value is -3.27. The number of aromatic nitrogens is 2. The van der Waals surface area contributed by atoms with E-state index in [0.717, 1.165) is 16.8 Å². The molecule has 0 atom stereocenters. The molecule has 0 aliphatic carbocycles. The summed E-state index contributed by atoms with van der Waals surface area (Å²) in [6.07, 6.45) is -1.89. The zero-order chi connectivity index (χ0) is 23.6. The molecule has 33 heavy (non-hydrogen) atoms. The number of alkyl halides is 3. The van der Waals surface area contributed by atoms with Gasteiger partial charge in [-0.05, 0) is 60.9 Å². The van der Waals surface area contributed by atoms with Crippen molar-refractivity contribution in [3.05, 3.63) is 83.2 Å². The van der Waals surface area contributed by atoms with E-state index in [-0.39, 0.29) is 11.9 Å². The molecule has 2 heterocycles. The number of hydrogen-bond acceptors (Lipinski definition) is 3. The highest BCUT2D eigenvalue weighted by molar-refractivity contribution is 5.94. The van der Waals surface area contributed by atoms with Crippen LogP contribution < -0.4 is 5.32 Å². The molecule has 5 nitrogen and oxygen atoms in total. The molecule has 1 saturated heterocycles. The summed E-state index contributed by atoms with van der Waals surface area (Å²) in [6, 6.07) is 10.9. The fraction of sp³-hybridized carbons (Fsp3) is 0.304. The van der Waals surface area contributed by atoms with E-state index in [4.69, 9.17) is 0 Å². The van der Waals surface area contributed by atoms with Crippen molar-refractivity contribution in [1.29, 1.82) is 0 Å². The van der Waals surface area contributed by atoms with Crippen LogP contribution in [0.1, 0.15) is 34.5 Å². The lowest BCUT2D eigenvalue weighted by Crippen LogP contribution is -2.44. The van der Waals surface area contributed by atoms with Crippen molar-refractivity contribution in [2.45, 2.75) is 31.6 Å². The predicted molar refractivity (Wildman–Crippen MR) is 111 cm³/mol. The molecule has 0 unspecified atom stereocenters. The number of nitrogens with zero attached hydrogens (tertiary/aromatic N) is 3. The SMILES string of the molecule is O=C(NC1CCN(Cc2ccc(F)c(F)c2)CC1)c1ccc(-n2ccc(C(F)(F)F)n2)cc1. The van der Waals surface area contributed by atoms with Gasteiger partial charge in [-0.1, -0.05) is 6.07 Å². The van der Waals surface area contributed by atoms with Crippen molar-refractivity contribution in [3.63, 3.8) is 0 Å². The van der Waals surface area contributed by atoms with Crippen LogP contribution >= 0.6 is 0 Å². The largest absolute Gasteiger partial charge is 0.435 e. The van der Waals surface area contributed by atoms with E-state index in [1.807, 2.05) is 0 Å². The topological polar surface area (TPSA) is 50.2 Å². The van der Waals surface area contributed by atoms with Crippen LogP contribution in [0, 0.1) is 11.6 Å². The molecule has 10 heteroatoms. The first-order valence-electron chi connectivity index (χ1n) is 10.4. The Morgan fingerprint density at radius 3 is 2.30 bits per heavy atom. The summed E-state index contributed by atoms with van der Waals surface area (Å²) in [5.41, 5.74) is 0.509. The number of carbonyl (C=O) groups excluding carboxylic acids is 1. The fourth-order valence-electron chi connectivity index (χ4n) is 3.78. The molecule has 2 aromatic carbocycles. The van der Waals surface area contributed by atoms with Gasteiger partial charge in [0.15, 0.2) is 17.3 Å². The average Bonchev–Trinajstić information content (AvgIpc) is 3.29. The second-order valence-corrected chi connectivity index (χ2v) is 7.96. The maximum atomic E-state index is 13.4. The number of hydrogen-bond donors (Lipinski definition) is 1. The van der Waals surface area contributed by atoms with E-state index in [0.29, 0.717) is 49.3 Å². The van der Waals surface area contributed by atoms with Crippen LogP contribution in [-0.4, -0.2) is 39.7 Å². The summed E-state index contributed by atoms with van der Waals surface area (Å²) >= 11 is 0. The molecular weight excluding hydrogens is 443 g/mol. The molecule has 0 spiro atoms. The first-order chi connectivity index (χ1) is 15.7. The Morgan fingerprint density at radius 1 is 1.00 bits per heavy atom. The monoisotopic (exact) mass is 464 g/mol. The molecular formula is C23H21F5N4O. The number of rotatable bonds is 5. The number of carbonyl (C=O) groups is 1. The molecule has 3 aromatic rings. The summed E-state index contributed by atoms with van der Waals surface area (Å²) in [4.78, 5) is 14.7. The predicted octanol–water partition coefficient (Wildman–Crippen LogP) is 4.56. The van der Waals surface area contributed by atoms with Crippen molar-refractivity contribution < 1.29 is 26.7 Å². The second-order valence-electron chi connectivity index (χ2n) is 7.96. The Morgan fingerprint density at radius 2 is 1.70 bits per heavy atom.